The van der Waals surface area contributed by atoms with Crippen LogP contribution in [0.4, 0.5) is 0 Å². The molecule has 1 unspecified atom stereocenters. The van der Waals surface area contributed by atoms with E-state index in [1.54, 1.807) is 11.8 Å². The Morgan fingerprint density at radius 3 is 2.94 bits per heavy atom. The van der Waals surface area contributed by atoms with Crippen molar-refractivity contribution in [1.29, 1.82) is 0 Å². The molecule has 1 aromatic heterocycles. The van der Waals surface area contributed by atoms with Gasteiger partial charge >= 0.3 is 0 Å². The molecule has 1 heterocycles. The number of rotatable bonds is 6. The average molecular weight is 222 g/mol. The molecule has 16 heavy (non-hydrogen) atoms. The largest absolute Gasteiger partial charge is 0.373 e. The van der Waals surface area contributed by atoms with Crippen molar-refractivity contribution in [3.63, 3.8) is 0 Å². The molecule has 0 radical (unpaired) electrons. The van der Waals surface area contributed by atoms with Crippen LogP contribution < -0.4 is 0 Å². The molecule has 1 fully saturated rings. The van der Waals surface area contributed by atoms with Crippen LogP contribution in [-0.4, -0.2) is 28.8 Å². The lowest BCUT2D eigenvalue weighted by Crippen LogP contribution is -2.25. The molecular formula is C12H18N2O2. The van der Waals surface area contributed by atoms with E-state index >= 15 is 0 Å². The van der Waals surface area contributed by atoms with Gasteiger partial charge in [0.25, 0.3) is 0 Å². The lowest BCUT2D eigenvalue weighted by molar-refractivity contribution is -0.129. The van der Waals surface area contributed by atoms with Gasteiger partial charge in [-0.05, 0) is 30.7 Å². The number of nitrogens with zero attached hydrogens (tertiary/aromatic N) is 2. The van der Waals surface area contributed by atoms with E-state index in [2.05, 4.69) is 5.10 Å². The number of aromatic nitrogens is 2. The van der Waals surface area contributed by atoms with Crippen molar-refractivity contribution in [3.8, 4) is 0 Å². The number of carbonyl (C=O) groups excluding carboxylic acids is 1. The first kappa shape index (κ1) is 11.3. The second-order valence-electron chi connectivity index (χ2n) is 4.48. The molecule has 0 N–H and O–H groups in total. The van der Waals surface area contributed by atoms with Gasteiger partial charge in [-0.2, -0.15) is 5.10 Å². The van der Waals surface area contributed by atoms with Gasteiger partial charge in [-0.15, -0.1) is 0 Å². The third kappa shape index (κ3) is 2.70. The zero-order chi connectivity index (χ0) is 11.5. The molecule has 0 bridgehead atoms. The molecule has 0 aromatic carbocycles. The number of ether oxygens (including phenoxy) is 1. The summed E-state index contributed by atoms with van der Waals surface area (Å²) in [5.41, 5.74) is 1.11. The highest BCUT2D eigenvalue weighted by molar-refractivity contribution is 5.83. The Bertz CT molecular complexity index is 369. The Labute approximate surface area is 95.6 Å². The first-order valence-electron chi connectivity index (χ1n) is 5.73. The fourth-order valence-corrected chi connectivity index (χ4v) is 2.00. The first-order valence-corrected chi connectivity index (χ1v) is 5.73. The van der Waals surface area contributed by atoms with Gasteiger partial charge in [0.1, 0.15) is 6.10 Å². The van der Waals surface area contributed by atoms with E-state index < -0.39 is 0 Å². The molecule has 2 rings (SSSR count). The Kier molecular flexibility index (Phi) is 3.39. The van der Waals surface area contributed by atoms with Gasteiger partial charge in [-0.1, -0.05) is 0 Å². The topological polar surface area (TPSA) is 44.1 Å². The molecule has 0 spiro atoms. The first-order chi connectivity index (χ1) is 7.70. The summed E-state index contributed by atoms with van der Waals surface area (Å²) in [5, 5.41) is 4.08. The molecule has 1 aromatic rings. The van der Waals surface area contributed by atoms with Gasteiger partial charge in [-0.25, -0.2) is 0 Å². The normalized spacial score (nSPS) is 17.4. The summed E-state index contributed by atoms with van der Waals surface area (Å²) in [5.74, 6) is 0.709. The number of methoxy groups -OCH3 is 1. The van der Waals surface area contributed by atoms with Crippen LogP contribution in [-0.2, 0) is 23.0 Å². The molecule has 0 amide bonds. The van der Waals surface area contributed by atoms with Gasteiger partial charge < -0.3 is 4.74 Å². The van der Waals surface area contributed by atoms with Gasteiger partial charge in [0.15, 0.2) is 5.78 Å². The van der Waals surface area contributed by atoms with Crippen LogP contribution in [0.2, 0.25) is 0 Å². The Hall–Kier alpha value is -1.16. The molecule has 1 aliphatic rings. The summed E-state index contributed by atoms with van der Waals surface area (Å²) in [6.45, 7) is 0. The molecule has 4 nitrogen and oxygen atoms in total. The van der Waals surface area contributed by atoms with E-state index in [0.717, 1.165) is 24.8 Å². The maximum absolute atomic E-state index is 11.9. The molecule has 88 valence electrons. The quantitative estimate of drug-likeness (QED) is 0.729. The molecule has 1 saturated carbocycles. The van der Waals surface area contributed by atoms with Gasteiger partial charge in [-0.3, -0.25) is 9.48 Å². The van der Waals surface area contributed by atoms with Crippen LogP contribution >= 0.6 is 0 Å². The van der Waals surface area contributed by atoms with E-state index in [0.29, 0.717) is 12.3 Å². The minimum atomic E-state index is -0.170. The summed E-state index contributed by atoms with van der Waals surface area (Å²) >= 11 is 0. The zero-order valence-electron chi connectivity index (χ0n) is 9.85. The predicted molar refractivity (Wildman–Crippen MR) is 60.1 cm³/mol. The van der Waals surface area contributed by atoms with Crippen LogP contribution in [0, 0.1) is 5.92 Å². The van der Waals surface area contributed by atoms with Crippen molar-refractivity contribution in [2.75, 3.05) is 7.11 Å². The van der Waals surface area contributed by atoms with Crippen LogP contribution in [0.3, 0.4) is 0 Å². The predicted octanol–water partition coefficient (Wildman–Crippen LogP) is 1.35. The van der Waals surface area contributed by atoms with Crippen molar-refractivity contribution < 1.29 is 9.53 Å². The van der Waals surface area contributed by atoms with Crippen LogP contribution in [0.15, 0.2) is 12.4 Å². The van der Waals surface area contributed by atoms with Crippen molar-refractivity contribution in [2.24, 2.45) is 13.0 Å². The molecule has 0 saturated heterocycles. The number of ketones is 1. The fraction of sp³-hybridized carbons (Fsp3) is 0.667. The molecular weight excluding hydrogens is 204 g/mol. The SMILES string of the molecule is COC(C(=O)CCc1cnn(C)c1)C1CC1. The van der Waals surface area contributed by atoms with E-state index in [4.69, 9.17) is 4.74 Å². The zero-order valence-corrected chi connectivity index (χ0v) is 9.85. The molecule has 1 atom stereocenters. The Morgan fingerprint density at radius 1 is 1.69 bits per heavy atom. The summed E-state index contributed by atoms with van der Waals surface area (Å²) in [6, 6.07) is 0. The van der Waals surface area contributed by atoms with Crippen molar-refractivity contribution in [3.05, 3.63) is 18.0 Å². The number of hydrogen-bond donors (Lipinski definition) is 0. The number of carbonyl (C=O) groups is 1. The monoisotopic (exact) mass is 222 g/mol. The van der Waals surface area contributed by atoms with Gasteiger partial charge in [0, 0.05) is 26.8 Å². The second-order valence-corrected chi connectivity index (χ2v) is 4.48. The minimum Gasteiger partial charge on any atom is -0.373 e. The third-order valence-corrected chi connectivity index (χ3v) is 3.04. The van der Waals surface area contributed by atoms with Crippen LogP contribution in [0.25, 0.3) is 0 Å². The van der Waals surface area contributed by atoms with Crippen molar-refractivity contribution in [1.82, 2.24) is 9.78 Å². The lowest BCUT2D eigenvalue weighted by atomic mass is 10.0. The summed E-state index contributed by atoms with van der Waals surface area (Å²) < 4.78 is 7.02. The van der Waals surface area contributed by atoms with E-state index in [9.17, 15) is 4.79 Å². The number of aryl methyl sites for hydroxylation is 2. The maximum atomic E-state index is 11.9. The van der Waals surface area contributed by atoms with Crippen molar-refractivity contribution >= 4 is 5.78 Å². The number of hydrogen-bond acceptors (Lipinski definition) is 3. The summed E-state index contributed by atoms with van der Waals surface area (Å²) in [4.78, 5) is 11.9. The highest BCUT2D eigenvalue weighted by atomic mass is 16.5. The summed E-state index contributed by atoms with van der Waals surface area (Å²) in [6.07, 6.45) is 7.18. The van der Waals surface area contributed by atoms with Crippen LogP contribution in [0.5, 0.6) is 0 Å². The Balaban J connectivity index is 1.82. The Morgan fingerprint density at radius 2 is 2.44 bits per heavy atom. The molecule has 4 heteroatoms. The summed E-state index contributed by atoms with van der Waals surface area (Å²) in [7, 11) is 3.51. The third-order valence-electron chi connectivity index (χ3n) is 3.04. The molecule has 1 aliphatic carbocycles. The highest BCUT2D eigenvalue weighted by Crippen LogP contribution is 2.35. The average Bonchev–Trinajstić information content (AvgIpc) is 3.00. The lowest BCUT2D eigenvalue weighted by Gasteiger charge is -2.12. The number of Topliss-reactive ketones (excluding diaryl/α,β-unsaturated/α-hetero) is 1. The highest BCUT2D eigenvalue weighted by Gasteiger charge is 2.35. The van der Waals surface area contributed by atoms with Crippen LogP contribution in [0.1, 0.15) is 24.8 Å². The van der Waals surface area contributed by atoms with Crippen molar-refractivity contribution in [2.45, 2.75) is 31.8 Å². The van der Waals surface area contributed by atoms with E-state index in [1.165, 1.54) is 0 Å². The standard InChI is InChI=1S/C12H18N2O2/c1-14-8-9(7-13-14)3-6-11(15)12(16-2)10-4-5-10/h7-8,10,12H,3-6H2,1-2H3. The van der Waals surface area contributed by atoms with Gasteiger partial charge in [0.05, 0.1) is 6.20 Å². The fourth-order valence-electron chi connectivity index (χ4n) is 2.00. The maximum Gasteiger partial charge on any atom is 0.162 e. The van der Waals surface area contributed by atoms with E-state index in [1.807, 2.05) is 19.4 Å². The smallest absolute Gasteiger partial charge is 0.162 e. The molecule has 0 aliphatic heterocycles. The second kappa shape index (κ2) is 4.78. The minimum absolute atomic E-state index is 0.170. The van der Waals surface area contributed by atoms with E-state index in [-0.39, 0.29) is 11.9 Å². The van der Waals surface area contributed by atoms with Gasteiger partial charge in [0.2, 0.25) is 0 Å².